The van der Waals surface area contributed by atoms with Gasteiger partial charge in [-0.1, -0.05) is 11.6 Å². The van der Waals surface area contributed by atoms with Gasteiger partial charge in [-0.15, -0.1) is 0 Å². The maximum atomic E-state index is 12.6. The van der Waals surface area contributed by atoms with Gasteiger partial charge in [-0.2, -0.15) is 0 Å². The van der Waals surface area contributed by atoms with Crippen molar-refractivity contribution < 1.29 is 14.5 Å². The molecule has 114 valence electrons. The molecular weight excluding hydrogens is 296 g/mol. The Labute approximate surface area is 127 Å². The Balaban J connectivity index is 2.34. The van der Waals surface area contributed by atoms with Crippen LogP contribution >= 0.6 is 11.6 Å². The van der Waals surface area contributed by atoms with Gasteiger partial charge in [0, 0.05) is 24.2 Å². The normalized spacial score (nSPS) is 21.1. The highest BCUT2D eigenvalue weighted by molar-refractivity contribution is 6.31. The van der Waals surface area contributed by atoms with Gasteiger partial charge in [-0.05, 0) is 32.9 Å². The van der Waals surface area contributed by atoms with Gasteiger partial charge in [-0.3, -0.25) is 14.9 Å². The van der Waals surface area contributed by atoms with Crippen LogP contribution in [0.4, 0.5) is 5.69 Å². The molecule has 1 saturated heterocycles. The Morgan fingerprint density at radius 3 is 2.76 bits per heavy atom. The highest BCUT2D eigenvalue weighted by Gasteiger charge is 2.35. The lowest BCUT2D eigenvalue weighted by Gasteiger charge is -2.41. The summed E-state index contributed by atoms with van der Waals surface area (Å²) in [4.78, 5) is 24.7. The van der Waals surface area contributed by atoms with Crippen LogP contribution in [0.2, 0.25) is 5.02 Å². The first kappa shape index (κ1) is 15.7. The van der Waals surface area contributed by atoms with Gasteiger partial charge in [0.25, 0.3) is 11.6 Å². The zero-order valence-electron chi connectivity index (χ0n) is 12.1. The summed E-state index contributed by atoms with van der Waals surface area (Å²) in [5, 5.41) is 11.3. The number of ether oxygens (including phenoxy) is 1. The zero-order chi connectivity index (χ0) is 15.8. The molecule has 1 unspecified atom stereocenters. The van der Waals surface area contributed by atoms with E-state index in [1.165, 1.54) is 18.2 Å². The van der Waals surface area contributed by atoms with E-state index < -0.39 is 10.5 Å². The van der Waals surface area contributed by atoms with Crippen molar-refractivity contribution in [3.05, 3.63) is 38.9 Å². The van der Waals surface area contributed by atoms with Crippen molar-refractivity contribution >= 4 is 23.2 Å². The van der Waals surface area contributed by atoms with Crippen molar-refractivity contribution in [2.75, 3.05) is 13.1 Å². The molecule has 0 aromatic heterocycles. The van der Waals surface area contributed by atoms with Gasteiger partial charge in [0.1, 0.15) is 5.56 Å². The number of nitro groups is 1. The minimum Gasteiger partial charge on any atom is -0.369 e. The number of nitrogens with zero attached hydrogens (tertiary/aromatic N) is 2. The third-order valence-electron chi connectivity index (χ3n) is 3.24. The lowest BCUT2D eigenvalue weighted by Crippen LogP contribution is -2.53. The Hall–Kier alpha value is -1.66. The second-order valence-corrected chi connectivity index (χ2v) is 6.23. The third kappa shape index (κ3) is 3.51. The van der Waals surface area contributed by atoms with Crippen LogP contribution in [0.3, 0.4) is 0 Å². The molecule has 1 aromatic rings. The molecule has 1 amide bonds. The van der Waals surface area contributed by atoms with Crippen LogP contribution in [-0.2, 0) is 4.74 Å². The van der Waals surface area contributed by atoms with E-state index in [-0.39, 0.29) is 28.3 Å². The molecule has 1 aliphatic rings. The molecule has 0 saturated carbocycles. The molecule has 0 spiro atoms. The molecule has 1 fully saturated rings. The first-order valence-electron chi connectivity index (χ1n) is 6.60. The summed E-state index contributed by atoms with van der Waals surface area (Å²) in [7, 11) is 0. The fourth-order valence-corrected chi connectivity index (χ4v) is 2.78. The van der Waals surface area contributed by atoms with E-state index in [1.807, 2.05) is 20.8 Å². The van der Waals surface area contributed by atoms with Crippen molar-refractivity contribution in [1.82, 2.24) is 4.90 Å². The van der Waals surface area contributed by atoms with Crippen molar-refractivity contribution in [1.29, 1.82) is 0 Å². The number of carbonyl (C=O) groups is 1. The van der Waals surface area contributed by atoms with E-state index in [0.29, 0.717) is 13.1 Å². The number of nitro benzene ring substituents is 1. The van der Waals surface area contributed by atoms with Crippen LogP contribution in [0.15, 0.2) is 18.2 Å². The third-order valence-corrected chi connectivity index (χ3v) is 3.48. The first-order chi connectivity index (χ1) is 9.69. The van der Waals surface area contributed by atoms with Crippen LogP contribution < -0.4 is 0 Å². The minimum absolute atomic E-state index is 0.0503. The molecule has 2 rings (SSSR count). The summed E-state index contributed by atoms with van der Waals surface area (Å²) in [6, 6.07) is 4.08. The molecule has 6 nitrogen and oxygen atoms in total. The Morgan fingerprint density at radius 2 is 2.19 bits per heavy atom. The predicted octanol–water partition coefficient (Wildman–Crippen LogP) is 2.89. The van der Waals surface area contributed by atoms with E-state index in [9.17, 15) is 14.9 Å². The number of amides is 1. The average molecular weight is 313 g/mol. The van der Waals surface area contributed by atoms with E-state index in [0.717, 1.165) is 0 Å². The highest BCUT2D eigenvalue weighted by atomic mass is 35.5. The molecule has 1 atom stereocenters. The van der Waals surface area contributed by atoms with Crippen molar-refractivity contribution in [2.24, 2.45) is 0 Å². The molecule has 1 aromatic carbocycles. The summed E-state index contributed by atoms with van der Waals surface area (Å²) in [6.45, 7) is 6.44. The average Bonchev–Trinajstić information content (AvgIpc) is 2.35. The largest absolute Gasteiger partial charge is 0.369 e. The van der Waals surface area contributed by atoms with Crippen molar-refractivity contribution in [2.45, 2.75) is 32.5 Å². The Kier molecular flexibility index (Phi) is 4.20. The summed E-state index contributed by atoms with van der Waals surface area (Å²) in [5.41, 5.74) is -0.701. The minimum atomic E-state index is -0.589. The molecule has 1 heterocycles. The molecule has 21 heavy (non-hydrogen) atoms. The van der Waals surface area contributed by atoms with Gasteiger partial charge in [0.15, 0.2) is 0 Å². The van der Waals surface area contributed by atoms with E-state index in [2.05, 4.69) is 0 Å². The van der Waals surface area contributed by atoms with Gasteiger partial charge in [0.05, 0.1) is 16.6 Å². The maximum absolute atomic E-state index is 12.6. The summed E-state index contributed by atoms with van der Waals surface area (Å²) < 4.78 is 5.74. The van der Waals surface area contributed by atoms with Crippen molar-refractivity contribution in [3.8, 4) is 0 Å². The quantitative estimate of drug-likeness (QED) is 0.621. The van der Waals surface area contributed by atoms with Gasteiger partial charge >= 0.3 is 0 Å². The van der Waals surface area contributed by atoms with E-state index in [4.69, 9.17) is 16.3 Å². The number of carbonyl (C=O) groups excluding carboxylic acids is 1. The smallest absolute Gasteiger partial charge is 0.283 e. The topological polar surface area (TPSA) is 72.7 Å². The fourth-order valence-electron chi connectivity index (χ4n) is 2.62. The van der Waals surface area contributed by atoms with Crippen LogP contribution in [0.5, 0.6) is 0 Å². The fraction of sp³-hybridized carbons (Fsp3) is 0.500. The number of benzene rings is 1. The zero-order valence-corrected chi connectivity index (χ0v) is 12.9. The Bertz CT molecular complexity index is 588. The van der Waals surface area contributed by atoms with Crippen LogP contribution in [0.1, 0.15) is 31.1 Å². The molecule has 0 N–H and O–H groups in total. The molecule has 1 aliphatic heterocycles. The lowest BCUT2D eigenvalue weighted by atomic mass is 10.0. The van der Waals surface area contributed by atoms with E-state index >= 15 is 0 Å². The molecule has 7 heteroatoms. The van der Waals surface area contributed by atoms with Crippen molar-refractivity contribution in [3.63, 3.8) is 0 Å². The van der Waals surface area contributed by atoms with Crippen LogP contribution in [-0.4, -0.2) is 40.5 Å². The maximum Gasteiger partial charge on any atom is 0.283 e. The Morgan fingerprint density at radius 1 is 1.52 bits per heavy atom. The van der Waals surface area contributed by atoms with Gasteiger partial charge in [-0.25, -0.2) is 0 Å². The second-order valence-electron chi connectivity index (χ2n) is 5.79. The number of hydrogen-bond acceptors (Lipinski definition) is 4. The summed E-state index contributed by atoms with van der Waals surface area (Å²) in [6.07, 6.45) is -0.121. The highest BCUT2D eigenvalue weighted by Crippen LogP contribution is 2.27. The summed E-state index contributed by atoms with van der Waals surface area (Å²) >= 11 is 5.77. The number of morpholine rings is 1. The van der Waals surface area contributed by atoms with Gasteiger partial charge in [0.2, 0.25) is 0 Å². The summed E-state index contributed by atoms with van der Waals surface area (Å²) in [5.74, 6) is -0.374. The SMILES string of the molecule is CC1CN(C(=O)c2ccc(Cl)cc2[N+](=O)[O-])CC(C)(C)O1. The number of rotatable bonds is 2. The van der Waals surface area contributed by atoms with Crippen LogP contribution in [0.25, 0.3) is 0 Å². The van der Waals surface area contributed by atoms with Gasteiger partial charge < -0.3 is 9.64 Å². The lowest BCUT2D eigenvalue weighted by molar-refractivity contribution is -0.385. The molecule has 0 bridgehead atoms. The second kappa shape index (κ2) is 5.61. The molecular formula is C14H17ClN2O4. The predicted molar refractivity (Wildman–Crippen MR) is 78.6 cm³/mol. The monoisotopic (exact) mass is 312 g/mol. The molecule has 0 radical (unpaired) electrons. The molecule has 0 aliphatic carbocycles. The first-order valence-corrected chi connectivity index (χ1v) is 6.98. The number of halogens is 1. The number of hydrogen-bond donors (Lipinski definition) is 0. The van der Waals surface area contributed by atoms with Crippen LogP contribution in [0, 0.1) is 10.1 Å². The van der Waals surface area contributed by atoms with E-state index in [1.54, 1.807) is 4.90 Å². The standard InChI is InChI=1S/C14H17ClN2O4/c1-9-7-16(8-14(2,3)21-9)13(18)11-5-4-10(15)6-12(11)17(19)20/h4-6,9H,7-8H2,1-3H3.